The molecule has 3 rings (SSSR count). The summed E-state index contributed by atoms with van der Waals surface area (Å²) >= 11 is 0. The van der Waals surface area contributed by atoms with Crippen LogP contribution in [0, 0.1) is 0 Å². The Morgan fingerprint density at radius 3 is 3.14 bits per heavy atom. The van der Waals surface area contributed by atoms with Crippen molar-refractivity contribution in [1.82, 2.24) is 10.3 Å². The van der Waals surface area contributed by atoms with Gasteiger partial charge in [0.25, 0.3) is 0 Å². The van der Waals surface area contributed by atoms with Crippen molar-refractivity contribution < 1.29 is 9.53 Å². The van der Waals surface area contributed by atoms with E-state index in [1.807, 2.05) is 12.1 Å². The molecule has 1 aromatic carbocycles. The van der Waals surface area contributed by atoms with Crippen molar-refractivity contribution in [2.45, 2.75) is 38.2 Å². The molecule has 1 aromatic heterocycles. The van der Waals surface area contributed by atoms with Crippen molar-refractivity contribution in [1.29, 1.82) is 0 Å². The normalized spacial score (nSPS) is 18.2. The number of aromatic amines is 1. The van der Waals surface area contributed by atoms with Crippen molar-refractivity contribution in [2.24, 2.45) is 0 Å². The molecule has 1 unspecified atom stereocenters. The number of hydrogen-bond acceptors (Lipinski definition) is 2. The quantitative estimate of drug-likeness (QED) is 0.858. The highest BCUT2D eigenvalue weighted by Crippen LogP contribution is 2.19. The number of para-hydroxylation sites is 1. The molecule has 0 spiro atoms. The van der Waals surface area contributed by atoms with Gasteiger partial charge >= 0.3 is 0 Å². The lowest BCUT2D eigenvalue weighted by molar-refractivity contribution is -0.121. The lowest BCUT2D eigenvalue weighted by Gasteiger charge is -2.10. The number of aryl methyl sites for hydroxylation is 1. The Morgan fingerprint density at radius 1 is 1.38 bits per heavy atom. The molecule has 0 aliphatic carbocycles. The van der Waals surface area contributed by atoms with Gasteiger partial charge in [-0.25, -0.2) is 0 Å². The summed E-state index contributed by atoms with van der Waals surface area (Å²) in [5.74, 6) is 0.130. The number of aromatic nitrogens is 1. The molecule has 1 saturated heterocycles. The monoisotopic (exact) mass is 286 g/mol. The average molecular weight is 286 g/mol. The highest BCUT2D eigenvalue weighted by Gasteiger charge is 2.15. The van der Waals surface area contributed by atoms with Gasteiger partial charge in [-0.15, -0.1) is 0 Å². The number of ether oxygens (including phenoxy) is 1. The topological polar surface area (TPSA) is 54.1 Å². The molecule has 0 radical (unpaired) electrons. The number of H-pyrrole nitrogens is 1. The third-order valence-electron chi connectivity index (χ3n) is 4.08. The Balaban J connectivity index is 1.42. The van der Waals surface area contributed by atoms with Crippen LogP contribution < -0.4 is 5.32 Å². The Labute approximate surface area is 124 Å². The van der Waals surface area contributed by atoms with E-state index in [0.29, 0.717) is 13.0 Å². The van der Waals surface area contributed by atoms with Crippen molar-refractivity contribution in [3.63, 3.8) is 0 Å². The maximum Gasteiger partial charge on any atom is 0.220 e. The van der Waals surface area contributed by atoms with Gasteiger partial charge < -0.3 is 15.0 Å². The smallest absolute Gasteiger partial charge is 0.220 e. The fourth-order valence-corrected chi connectivity index (χ4v) is 2.90. The second kappa shape index (κ2) is 6.76. The van der Waals surface area contributed by atoms with Gasteiger partial charge in [-0.3, -0.25) is 4.79 Å². The van der Waals surface area contributed by atoms with Crippen molar-refractivity contribution in [3.05, 3.63) is 36.0 Å². The first kappa shape index (κ1) is 14.1. The van der Waals surface area contributed by atoms with Crippen LogP contribution in [-0.2, 0) is 16.0 Å². The molecule has 2 aromatic rings. The zero-order chi connectivity index (χ0) is 14.5. The number of nitrogens with one attached hydrogen (secondary N) is 2. The molecule has 4 heteroatoms. The fourth-order valence-electron chi connectivity index (χ4n) is 2.90. The minimum Gasteiger partial charge on any atom is -0.376 e. The van der Waals surface area contributed by atoms with Crippen molar-refractivity contribution >= 4 is 16.8 Å². The molecule has 21 heavy (non-hydrogen) atoms. The highest BCUT2D eigenvalue weighted by atomic mass is 16.5. The number of carbonyl (C=O) groups is 1. The third-order valence-corrected chi connectivity index (χ3v) is 4.08. The van der Waals surface area contributed by atoms with Crippen LogP contribution >= 0.6 is 0 Å². The summed E-state index contributed by atoms with van der Waals surface area (Å²) in [6.45, 7) is 1.49. The zero-order valence-corrected chi connectivity index (χ0v) is 12.2. The first-order valence-electron chi connectivity index (χ1n) is 7.76. The minimum atomic E-state index is 0.130. The van der Waals surface area contributed by atoms with Gasteiger partial charge in [0, 0.05) is 36.7 Å². The molecular formula is C17H22N2O2. The summed E-state index contributed by atoms with van der Waals surface area (Å²) in [5, 5.41) is 4.23. The van der Waals surface area contributed by atoms with Gasteiger partial charge in [-0.2, -0.15) is 0 Å². The molecule has 1 aliphatic rings. The summed E-state index contributed by atoms with van der Waals surface area (Å²) in [6.07, 6.45) is 6.83. The lowest BCUT2D eigenvalue weighted by Crippen LogP contribution is -2.31. The van der Waals surface area contributed by atoms with E-state index in [2.05, 4.69) is 28.6 Å². The summed E-state index contributed by atoms with van der Waals surface area (Å²) in [4.78, 5) is 15.1. The van der Waals surface area contributed by atoms with Crippen LogP contribution in [-0.4, -0.2) is 30.1 Å². The summed E-state index contributed by atoms with van der Waals surface area (Å²) in [5.41, 5.74) is 2.45. The van der Waals surface area contributed by atoms with Crippen LogP contribution in [0.4, 0.5) is 0 Å². The molecule has 1 fully saturated rings. The van der Waals surface area contributed by atoms with E-state index in [0.717, 1.165) is 37.8 Å². The predicted octanol–water partition coefficient (Wildman–Crippen LogP) is 2.79. The van der Waals surface area contributed by atoms with Gasteiger partial charge in [0.1, 0.15) is 0 Å². The van der Waals surface area contributed by atoms with Gasteiger partial charge in [-0.05, 0) is 37.3 Å². The third kappa shape index (κ3) is 3.64. The molecule has 0 bridgehead atoms. The summed E-state index contributed by atoms with van der Waals surface area (Å²) in [7, 11) is 0. The Bertz CT molecular complexity index is 600. The SMILES string of the molecule is O=C(CCCc1c[nH]c2ccccc12)NCC1CCCO1. The molecular weight excluding hydrogens is 264 g/mol. The standard InChI is InChI=1S/C17H22N2O2/c20-17(19-12-14-6-4-10-21-14)9-3-5-13-11-18-16-8-2-1-7-15(13)16/h1-2,7-8,11,14,18H,3-6,9-10,12H2,(H,19,20). The van der Waals surface area contributed by atoms with E-state index in [4.69, 9.17) is 4.74 Å². The van der Waals surface area contributed by atoms with E-state index in [1.165, 1.54) is 10.9 Å². The number of fused-ring (bicyclic) bond motifs is 1. The van der Waals surface area contributed by atoms with Crippen LogP contribution in [0.3, 0.4) is 0 Å². The Hall–Kier alpha value is -1.81. The second-order valence-corrected chi connectivity index (χ2v) is 5.65. The minimum absolute atomic E-state index is 0.130. The molecule has 1 atom stereocenters. The van der Waals surface area contributed by atoms with Crippen LogP contribution in [0.5, 0.6) is 0 Å². The molecule has 1 amide bonds. The molecule has 2 N–H and O–H groups in total. The maximum absolute atomic E-state index is 11.8. The van der Waals surface area contributed by atoms with E-state index < -0.39 is 0 Å². The van der Waals surface area contributed by atoms with Gasteiger partial charge in [-0.1, -0.05) is 18.2 Å². The van der Waals surface area contributed by atoms with E-state index in [-0.39, 0.29) is 12.0 Å². The zero-order valence-electron chi connectivity index (χ0n) is 12.2. The van der Waals surface area contributed by atoms with Crippen LogP contribution in [0.25, 0.3) is 10.9 Å². The summed E-state index contributed by atoms with van der Waals surface area (Å²) in [6, 6.07) is 8.28. The number of benzene rings is 1. The Morgan fingerprint density at radius 2 is 2.29 bits per heavy atom. The molecule has 1 aliphatic heterocycles. The largest absolute Gasteiger partial charge is 0.376 e. The Kier molecular flexibility index (Phi) is 4.55. The molecule has 112 valence electrons. The molecule has 2 heterocycles. The number of rotatable bonds is 6. The summed E-state index contributed by atoms with van der Waals surface area (Å²) < 4.78 is 5.50. The molecule has 0 saturated carbocycles. The second-order valence-electron chi connectivity index (χ2n) is 5.65. The van der Waals surface area contributed by atoms with Gasteiger partial charge in [0.2, 0.25) is 5.91 Å². The van der Waals surface area contributed by atoms with Crippen LogP contribution in [0.1, 0.15) is 31.2 Å². The fraction of sp³-hybridized carbons (Fsp3) is 0.471. The first-order valence-corrected chi connectivity index (χ1v) is 7.76. The molecule has 4 nitrogen and oxygen atoms in total. The number of amides is 1. The maximum atomic E-state index is 11.8. The average Bonchev–Trinajstić information content (AvgIpc) is 3.15. The van der Waals surface area contributed by atoms with Gasteiger partial charge in [0.15, 0.2) is 0 Å². The lowest BCUT2D eigenvalue weighted by atomic mass is 10.1. The van der Waals surface area contributed by atoms with Crippen LogP contribution in [0.15, 0.2) is 30.5 Å². The predicted molar refractivity (Wildman–Crippen MR) is 83.2 cm³/mol. The van der Waals surface area contributed by atoms with Crippen LogP contribution in [0.2, 0.25) is 0 Å². The van der Waals surface area contributed by atoms with Crippen molar-refractivity contribution in [2.75, 3.05) is 13.2 Å². The first-order chi connectivity index (χ1) is 10.3. The number of hydrogen-bond donors (Lipinski definition) is 2. The van der Waals surface area contributed by atoms with E-state index in [9.17, 15) is 4.79 Å². The van der Waals surface area contributed by atoms with E-state index >= 15 is 0 Å². The number of carbonyl (C=O) groups excluding carboxylic acids is 1. The van der Waals surface area contributed by atoms with Crippen molar-refractivity contribution in [3.8, 4) is 0 Å². The highest BCUT2D eigenvalue weighted by molar-refractivity contribution is 5.83. The van der Waals surface area contributed by atoms with E-state index in [1.54, 1.807) is 0 Å². The van der Waals surface area contributed by atoms with Gasteiger partial charge in [0.05, 0.1) is 6.10 Å².